The van der Waals surface area contributed by atoms with Crippen LogP contribution in [0, 0.1) is 6.92 Å². The van der Waals surface area contributed by atoms with Gasteiger partial charge in [0.25, 0.3) is 11.9 Å². The van der Waals surface area contributed by atoms with E-state index in [1.165, 1.54) is 7.11 Å². The van der Waals surface area contributed by atoms with Crippen molar-refractivity contribution in [2.45, 2.75) is 26.7 Å². The molecule has 1 amide bonds. The van der Waals surface area contributed by atoms with Gasteiger partial charge in [-0.25, -0.2) is 4.99 Å². The first kappa shape index (κ1) is 14.2. The standard InChI is InChI=1S/C14H20N2O2/c1-4-5-10-15-14(18-3)16-13(17)12-9-7-6-8-11(12)2/h6-9H,4-5,10H2,1-3H3,(H,15,16,17). The zero-order valence-corrected chi connectivity index (χ0v) is 11.2. The third-order valence-electron chi connectivity index (χ3n) is 2.57. The van der Waals surface area contributed by atoms with Crippen molar-refractivity contribution < 1.29 is 9.53 Å². The second kappa shape index (κ2) is 7.48. The van der Waals surface area contributed by atoms with E-state index in [1.807, 2.05) is 25.1 Å². The Labute approximate surface area is 108 Å². The van der Waals surface area contributed by atoms with Crippen LogP contribution in [0.25, 0.3) is 0 Å². The van der Waals surface area contributed by atoms with Gasteiger partial charge in [-0.1, -0.05) is 31.5 Å². The molecule has 0 fully saturated rings. The predicted molar refractivity (Wildman–Crippen MR) is 72.9 cm³/mol. The maximum absolute atomic E-state index is 12.0. The minimum atomic E-state index is -0.190. The molecule has 0 saturated heterocycles. The Bertz CT molecular complexity index is 428. The van der Waals surface area contributed by atoms with Crippen molar-refractivity contribution >= 4 is 11.9 Å². The summed E-state index contributed by atoms with van der Waals surface area (Å²) in [7, 11) is 1.50. The fraction of sp³-hybridized carbons (Fsp3) is 0.429. The molecule has 0 heterocycles. The van der Waals surface area contributed by atoms with Crippen LogP contribution in [-0.4, -0.2) is 25.6 Å². The topological polar surface area (TPSA) is 50.7 Å². The summed E-state index contributed by atoms with van der Waals surface area (Å²) in [5.74, 6) is -0.190. The highest BCUT2D eigenvalue weighted by molar-refractivity contribution is 6.04. The lowest BCUT2D eigenvalue weighted by Crippen LogP contribution is -2.32. The lowest BCUT2D eigenvalue weighted by molar-refractivity contribution is 0.0968. The minimum absolute atomic E-state index is 0.190. The van der Waals surface area contributed by atoms with Crippen LogP contribution in [0.4, 0.5) is 0 Å². The maximum atomic E-state index is 12.0. The number of ether oxygens (including phenoxy) is 1. The van der Waals surface area contributed by atoms with Gasteiger partial charge in [0.2, 0.25) is 0 Å². The highest BCUT2D eigenvalue weighted by Gasteiger charge is 2.10. The number of benzene rings is 1. The zero-order chi connectivity index (χ0) is 13.4. The van der Waals surface area contributed by atoms with Crippen LogP contribution in [0.5, 0.6) is 0 Å². The van der Waals surface area contributed by atoms with Crippen LogP contribution in [0.2, 0.25) is 0 Å². The number of nitrogens with zero attached hydrogens (tertiary/aromatic N) is 1. The summed E-state index contributed by atoms with van der Waals surface area (Å²) in [4.78, 5) is 16.2. The fourth-order valence-electron chi connectivity index (χ4n) is 1.49. The first-order chi connectivity index (χ1) is 8.69. The molecule has 0 bridgehead atoms. The minimum Gasteiger partial charge on any atom is -0.468 e. The van der Waals surface area contributed by atoms with Crippen molar-refractivity contribution in [3.63, 3.8) is 0 Å². The van der Waals surface area contributed by atoms with Crippen LogP contribution in [0.1, 0.15) is 35.7 Å². The van der Waals surface area contributed by atoms with Gasteiger partial charge < -0.3 is 4.74 Å². The van der Waals surface area contributed by atoms with Crippen LogP contribution in [0.3, 0.4) is 0 Å². The van der Waals surface area contributed by atoms with Crippen molar-refractivity contribution in [3.8, 4) is 0 Å². The third-order valence-corrected chi connectivity index (χ3v) is 2.57. The van der Waals surface area contributed by atoms with Crippen molar-refractivity contribution in [2.24, 2.45) is 4.99 Å². The number of carbonyl (C=O) groups excluding carboxylic acids is 1. The number of amidine groups is 1. The van der Waals surface area contributed by atoms with E-state index in [-0.39, 0.29) is 11.9 Å². The molecule has 98 valence electrons. The quantitative estimate of drug-likeness (QED) is 0.505. The molecule has 1 rings (SSSR count). The smallest absolute Gasteiger partial charge is 0.291 e. The van der Waals surface area contributed by atoms with Gasteiger partial charge in [0.1, 0.15) is 0 Å². The lowest BCUT2D eigenvalue weighted by Gasteiger charge is -2.08. The molecule has 0 unspecified atom stereocenters. The first-order valence-corrected chi connectivity index (χ1v) is 6.14. The summed E-state index contributed by atoms with van der Waals surface area (Å²) in [6.45, 7) is 4.65. The third kappa shape index (κ3) is 4.20. The number of nitrogens with one attached hydrogen (secondary N) is 1. The lowest BCUT2D eigenvalue weighted by atomic mass is 10.1. The average Bonchev–Trinajstić information content (AvgIpc) is 2.38. The molecule has 0 atom stereocenters. The number of amides is 1. The molecule has 0 aliphatic heterocycles. The van der Waals surface area contributed by atoms with Gasteiger partial charge in [-0.05, 0) is 25.0 Å². The van der Waals surface area contributed by atoms with E-state index in [0.29, 0.717) is 12.1 Å². The number of aliphatic imine (C=N–C) groups is 1. The number of unbranched alkanes of at least 4 members (excludes halogenated alkanes) is 1. The highest BCUT2D eigenvalue weighted by atomic mass is 16.5. The molecule has 4 heteroatoms. The van der Waals surface area contributed by atoms with Gasteiger partial charge in [0.15, 0.2) is 0 Å². The SMILES string of the molecule is CCCCN=C(NC(=O)c1ccccc1C)OC. The number of hydrogen-bond donors (Lipinski definition) is 1. The molecule has 0 radical (unpaired) electrons. The molecule has 0 aliphatic carbocycles. The molecule has 1 aromatic rings. The molecule has 0 aliphatic rings. The fourth-order valence-corrected chi connectivity index (χ4v) is 1.49. The van der Waals surface area contributed by atoms with Crippen molar-refractivity contribution in [2.75, 3.05) is 13.7 Å². The average molecular weight is 248 g/mol. The molecular formula is C14H20N2O2. The Balaban J connectivity index is 2.68. The highest BCUT2D eigenvalue weighted by Crippen LogP contribution is 2.06. The summed E-state index contributed by atoms with van der Waals surface area (Å²) >= 11 is 0. The summed E-state index contributed by atoms with van der Waals surface area (Å²) in [5, 5.41) is 2.67. The summed E-state index contributed by atoms with van der Waals surface area (Å²) in [6.07, 6.45) is 2.04. The molecular weight excluding hydrogens is 228 g/mol. The number of rotatable bonds is 4. The van der Waals surface area contributed by atoms with Crippen LogP contribution < -0.4 is 5.32 Å². The largest absolute Gasteiger partial charge is 0.468 e. The van der Waals surface area contributed by atoms with E-state index >= 15 is 0 Å². The van der Waals surface area contributed by atoms with E-state index in [1.54, 1.807) is 6.07 Å². The van der Waals surface area contributed by atoms with E-state index in [4.69, 9.17) is 4.74 Å². The van der Waals surface area contributed by atoms with Crippen molar-refractivity contribution in [1.29, 1.82) is 0 Å². The van der Waals surface area contributed by atoms with Crippen LogP contribution in [-0.2, 0) is 4.74 Å². The number of aryl methyl sites for hydroxylation is 1. The predicted octanol–water partition coefficient (Wildman–Crippen LogP) is 2.53. The molecule has 18 heavy (non-hydrogen) atoms. The maximum Gasteiger partial charge on any atom is 0.291 e. The van der Waals surface area contributed by atoms with Gasteiger partial charge in [0.05, 0.1) is 7.11 Å². The monoisotopic (exact) mass is 248 g/mol. The number of hydrogen-bond acceptors (Lipinski definition) is 3. The Morgan fingerprint density at radius 2 is 2.11 bits per heavy atom. The van der Waals surface area contributed by atoms with Gasteiger partial charge in [-0.3, -0.25) is 10.1 Å². The Morgan fingerprint density at radius 1 is 1.39 bits per heavy atom. The Kier molecular flexibility index (Phi) is 5.91. The van der Waals surface area contributed by atoms with Crippen LogP contribution >= 0.6 is 0 Å². The molecule has 1 N–H and O–H groups in total. The molecule has 0 saturated carbocycles. The Morgan fingerprint density at radius 3 is 2.72 bits per heavy atom. The second-order valence-corrected chi connectivity index (χ2v) is 4.01. The van der Waals surface area contributed by atoms with E-state index in [2.05, 4.69) is 17.2 Å². The van der Waals surface area contributed by atoms with Gasteiger partial charge in [-0.2, -0.15) is 0 Å². The number of carbonyl (C=O) groups is 1. The molecule has 4 nitrogen and oxygen atoms in total. The molecule has 0 spiro atoms. The van der Waals surface area contributed by atoms with Gasteiger partial charge >= 0.3 is 0 Å². The number of methoxy groups -OCH3 is 1. The second-order valence-electron chi connectivity index (χ2n) is 4.01. The Hall–Kier alpha value is -1.84. The van der Waals surface area contributed by atoms with Gasteiger partial charge in [-0.15, -0.1) is 0 Å². The summed E-state index contributed by atoms with van der Waals surface area (Å²) < 4.78 is 5.05. The zero-order valence-electron chi connectivity index (χ0n) is 11.2. The van der Waals surface area contributed by atoms with E-state index in [0.717, 1.165) is 18.4 Å². The van der Waals surface area contributed by atoms with Gasteiger partial charge in [0, 0.05) is 12.1 Å². The normalized spacial score (nSPS) is 11.2. The molecule has 0 aromatic heterocycles. The summed E-state index contributed by atoms with van der Waals surface area (Å²) in [5.41, 5.74) is 1.57. The first-order valence-electron chi connectivity index (χ1n) is 6.14. The van der Waals surface area contributed by atoms with Crippen molar-refractivity contribution in [3.05, 3.63) is 35.4 Å². The van der Waals surface area contributed by atoms with E-state index in [9.17, 15) is 4.79 Å². The summed E-state index contributed by atoms with van der Waals surface area (Å²) in [6, 6.07) is 7.69. The van der Waals surface area contributed by atoms with Crippen molar-refractivity contribution in [1.82, 2.24) is 5.32 Å². The molecule has 1 aromatic carbocycles. The van der Waals surface area contributed by atoms with E-state index < -0.39 is 0 Å². The van der Waals surface area contributed by atoms with Crippen LogP contribution in [0.15, 0.2) is 29.3 Å².